The second-order valence-electron chi connectivity index (χ2n) is 3.75. The van der Waals surface area contributed by atoms with E-state index in [1.165, 1.54) is 0 Å². The van der Waals surface area contributed by atoms with Crippen LogP contribution in [0.3, 0.4) is 0 Å². The van der Waals surface area contributed by atoms with Crippen molar-refractivity contribution < 1.29 is 4.74 Å². The van der Waals surface area contributed by atoms with Gasteiger partial charge in [0.05, 0.1) is 18.5 Å². The second-order valence-corrected chi connectivity index (χ2v) is 4.66. The van der Waals surface area contributed by atoms with Crippen molar-refractivity contribution in [2.75, 3.05) is 20.7 Å². The van der Waals surface area contributed by atoms with Gasteiger partial charge in [-0.3, -0.25) is 0 Å². The molecular formula is C12H15BrN2O. The summed E-state index contributed by atoms with van der Waals surface area (Å²) in [5.41, 5.74) is 0. The van der Waals surface area contributed by atoms with Gasteiger partial charge < -0.3 is 9.64 Å². The number of nitrogens with zero attached hydrogens (tertiary/aromatic N) is 2. The maximum absolute atomic E-state index is 8.69. The summed E-state index contributed by atoms with van der Waals surface area (Å²) >= 11 is 3.39. The zero-order valence-electron chi connectivity index (χ0n) is 9.48. The highest BCUT2D eigenvalue weighted by atomic mass is 79.9. The maximum atomic E-state index is 8.69. The minimum atomic E-state index is 0.129. The first-order valence-electron chi connectivity index (χ1n) is 5.05. The summed E-state index contributed by atoms with van der Waals surface area (Å²) in [6.07, 6.45) is 0.473. The number of ether oxygens (including phenoxy) is 1. The molecule has 0 spiro atoms. The number of likely N-dealkylation sites (N-methyl/N-ethyl adjacent to an activating group) is 1. The Morgan fingerprint density at radius 2 is 2.25 bits per heavy atom. The van der Waals surface area contributed by atoms with Gasteiger partial charge in [-0.25, -0.2) is 0 Å². The lowest BCUT2D eigenvalue weighted by Crippen LogP contribution is -2.33. The van der Waals surface area contributed by atoms with Gasteiger partial charge in [-0.05, 0) is 32.3 Å². The molecule has 0 radical (unpaired) electrons. The van der Waals surface area contributed by atoms with Crippen LogP contribution in [0.1, 0.15) is 6.42 Å². The fraction of sp³-hybridized carbons (Fsp3) is 0.417. The van der Waals surface area contributed by atoms with Crippen molar-refractivity contribution in [3.63, 3.8) is 0 Å². The molecule has 0 fully saturated rings. The van der Waals surface area contributed by atoms with Crippen molar-refractivity contribution >= 4 is 15.9 Å². The smallest absolute Gasteiger partial charge is 0.120 e. The molecule has 0 aliphatic heterocycles. The lowest BCUT2D eigenvalue weighted by molar-refractivity contribution is 0.188. The standard InChI is InChI=1S/C12H15BrN2O/c1-15(2)11(6-7-14)9-16-12-5-3-4-10(13)8-12/h3-5,8,11H,6,9H2,1-2H3. The van der Waals surface area contributed by atoms with Crippen molar-refractivity contribution in [2.45, 2.75) is 12.5 Å². The van der Waals surface area contributed by atoms with Crippen LogP contribution < -0.4 is 4.74 Å². The van der Waals surface area contributed by atoms with Crippen LogP contribution >= 0.6 is 15.9 Å². The number of halogens is 1. The van der Waals surface area contributed by atoms with Gasteiger partial charge in [0.1, 0.15) is 12.4 Å². The zero-order valence-corrected chi connectivity index (χ0v) is 11.1. The molecule has 3 nitrogen and oxygen atoms in total. The van der Waals surface area contributed by atoms with Crippen molar-refractivity contribution in [3.8, 4) is 11.8 Å². The largest absolute Gasteiger partial charge is 0.492 e. The average Bonchev–Trinajstić information content (AvgIpc) is 2.24. The van der Waals surface area contributed by atoms with Crippen LogP contribution in [0.2, 0.25) is 0 Å². The minimum Gasteiger partial charge on any atom is -0.492 e. The molecule has 0 bridgehead atoms. The summed E-state index contributed by atoms with van der Waals surface area (Å²) < 4.78 is 6.63. The van der Waals surface area contributed by atoms with E-state index in [1.807, 2.05) is 43.3 Å². The maximum Gasteiger partial charge on any atom is 0.120 e. The third-order valence-electron chi connectivity index (χ3n) is 2.30. The summed E-state index contributed by atoms with van der Waals surface area (Å²) in [4.78, 5) is 2.00. The molecule has 0 aliphatic rings. The van der Waals surface area contributed by atoms with Gasteiger partial charge in [-0.1, -0.05) is 22.0 Å². The van der Waals surface area contributed by atoms with Crippen LogP contribution in [-0.2, 0) is 0 Å². The molecule has 1 rings (SSSR count). The van der Waals surface area contributed by atoms with E-state index in [0.717, 1.165) is 10.2 Å². The lowest BCUT2D eigenvalue weighted by atomic mass is 10.2. The summed E-state index contributed by atoms with van der Waals surface area (Å²) in [5.74, 6) is 0.819. The van der Waals surface area contributed by atoms with Gasteiger partial charge in [0, 0.05) is 4.47 Å². The Balaban J connectivity index is 2.52. The molecule has 4 heteroatoms. The number of hydrogen-bond acceptors (Lipinski definition) is 3. The van der Waals surface area contributed by atoms with Crippen LogP contribution in [0.15, 0.2) is 28.7 Å². The SMILES string of the molecule is CN(C)C(CC#N)COc1cccc(Br)c1. The van der Waals surface area contributed by atoms with Crippen molar-refractivity contribution in [1.82, 2.24) is 4.90 Å². The molecule has 1 atom stereocenters. The van der Waals surface area contributed by atoms with Gasteiger partial charge in [-0.15, -0.1) is 0 Å². The summed E-state index contributed by atoms with van der Waals surface area (Å²) in [5, 5.41) is 8.69. The van der Waals surface area contributed by atoms with Gasteiger partial charge >= 0.3 is 0 Å². The van der Waals surface area contributed by atoms with E-state index in [4.69, 9.17) is 10.00 Å². The molecule has 86 valence electrons. The van der Waals surface area contributed by atoms with E-state index in [9.17, 15) is 0 Å². The van der Waals surface area contributed by atoms with Crippen LogP contribution in [0, 0.1) is 11.3 Å². The molecule has 0 saturated carbocycles. The van der Waals surface area contributed by atoms with E-state index in [0.29, 0.717) is 13.0 Å². The normalized spacial score (nSPS) is 12.2. The molecule has 0 saturated heterocycles. The van der Waals surface area contributed by atoms with E-state index in [2.05, 4.69) is 22.0 Å². The number of rotatable bonds is 5. The Labute approximate surface area is 105 Å². The summed E-state index contributed by atoms with van der Waals surface area (Å²) in [7, 11) is 3.90. The van der Waals surface area contributed by atoms with Crippen molar-refractivity contribution in [2.24, 2.45) is 0 Å². The van der Waals surface area contributed by atoms with Crippen LogP contribution in [0.5, 0.6) is 5.75 Å². The van der Waals surface area contributed by atoms with Crippen LogP contribution in [0.4, 0.5) is 0 Å². The third kappa shape index (κ3) is 4.21. The zero-order chi connectivity index (χ0) is 12.0. The Morgan fingerprint density at radius 3 is 2.81 bits per heavy atom. The predicted octanol–water partition coefficient (Wildman–Crippen LogP) is 2.67. The third-order valence-corrected chi connectivity index (χ3v) is 2.79. The highest BCUT2D eigenvalue weighted by Crippen LogP contribution is 2.18. The Hall–Kier alpha value is -1.05. The van der Waals surface area contributed by atoms with Gasteiger partial charge in [-0.2, -0.15) is 5.26 Å². The van der Waals surface area contributed by atoms with Crippen LogP contribution in [0.25, 0.3) is 0 Å². The molecule has 0 aromatic heterocycles. The molecule has 1 aromatic carbocycles. The first kappa shape index (κ1) is 13.0. The molecule has 0 amide bonds. The fourth-order valence-corrected chi connectivity index (χ4v) is 1.62. The van der Waals surface area contributed by atoms with Gasteiger partial charge in [0.25, 0.3) is 0 Å². The lowest BCUT2D eigenvalue weighted by Gasteiger charge is -2.21. The quantitative estimate of drug-likeness (QED) is 0.833. The summed E-state index contributed by atoms with van der Waals surface area (Å²) in [6, 6.07) is 9.99. The van der Waals surface area contributed by atoms with Gasteiger partial charge in [0.2, 0.25) is 0 Å². The molecule has 0 heterocycles. The molecular weight excluding hydrogens is 268 g/mol. The first-order valence-corrected chi connectivity index (χ1v) is 5.84. The Kier molecular flexibility index (Phi) is 5.30. The highest BCUT2D eigenvalue weighted by molar-refractivity contribution is 9.10. The van der Waals surface area contributed by atoms with Crippen molar-refractivity contribution in [3.05, 3.63) is 28.7 Å². The monoisotopic (exact) mass is 282 g/mol. The minimum absolute atomic E-state index is 0.129. The van der Waals surface area contributed by atoms with E-state index in [1.54, 1.807) is 0 Å². The number of benzene rings is 1. The Bertz CT molecular complexity index is 374. The first-order chi connectivity index (χ1) is 7.63. The molecule has 0 N–H and O–H groups in total. The second kappa shape index (κ2) is 6.51. The fourth-order valence-electron chi connectivity index (χ4n) is 1.25. The van der Waals surface area contributed by atoms with E-state index < -0.39 is 0 Å². The van der Waals surface area contributed by atoms with Gasteiger partial charge in [0.15, 0.2) is 0 Å². The highest BCUT2D eigenvalue weighted by Gasteiger charge is 2.11. The Morgan fingerprint density at radius 1 is 1.50 bits per heavy atom. The molecule has 0 aliphatic carbocycles. The predicted molar refractivity (Wildman–Crippen MR) is 67.3 cm³/mol. The number of hydrogen-bond donors (Lipinski definition) is 0. The van der Waals surface area contributed by atoms with Crippen LogP contribution in [-0.4, -0.2) is 31.6 Å². The average molecular weight is 283 g/mol. The molecule has 1 unspecified atom stereocenters. The molecule has 1 aromatic rings. The van der Waals surface area contributed by atoms with Crippen molar-refractivity contribution in [1.29, 1.82) is 5.26 Å². The summed E-state index contributed by atoms with van der Waals surface area (Å²) in [6.45, 7) is 0.525. The molecule has 16 heavy (non-hydrogen) atoms. The van der Waals surface area contributed by atoms with E-state index >= 15 is 0 Å². The van der Waals surface area contributed by atoms with E-state index in [-0.39, 0.29) is 6.04 Å². The number of nitriles is 1. The topological polar surface area (TPSA) is 36.3 Å².